The lowest BCUT2D eigenvalue weighted by molar-refractivity contribution is 0.412. The number of hydrogen-bond acceptors (Lipinski definition) is 4. The first-order valence-corrected chi connectivity index (χ1v) is 9.76. The molecule has 4 nitrogen and oxygen atoms in total. The Balaban J connectivity index is 1.83. The lowest BCUT2D eigenvalue weighted by atomic mass is 10.2. The Kier molecular flexibility index (Phi) is 6.01. The van der Waals surface area contributed by atoms with Gasteiger partial charge < -0.3 is 4.74 Å². The van der Waals surface area contributed by atoms with Crippen LogP contribution in [0.2, 0.25) is 5.02 Å². The van der Waals surface area contributed by atoms with Gasteiger partial charge in [0.1, 0.15) is 17.4 Å². The highest BCUT2D eigenvalue weighted by Crippen LogP contribution is 2.28. The van der Waals surface area contributed by atoms with Gasteiger partial charge >= 0.3 is 0 Å². The molecule has 0 saturated carbocycles. The minimum atomic E-state index is -0.337. The third-order valence-electron chi connectivity index (χ3n) is 3.82. The predicted octanol–water partition coefficient (Wildman–Crippen LogP) is 5.47. The maximum Gasteiger partial charge on any atom is 0.200 e. The quantitative estimate of drug-likeness (QED) is 0.548. The number of H-pyrrole nitrogens is 1. The van der Waals surface area contributed by atoms with E-state index in [1.54, 1.807) is 24.9 Å². The van der Waals surface area contributed by atoms with Gasteiger partial charge in [-0.3, -0.25) is 9.67 Å². The van der Waals surface area contributed by atoms with Crippen LogP contribution in [0, 0.1) is 17.5 Å². The number of aryl methyl sites for hydroxylation is 1. The molecule has 0 spiro atoms. The number of thioether (sulfide) groups is 1. The number of methoxy groups -OCH3 is 1. The number of halogens is 2. The second-order valence-electron chi connectivity index (χ2n) is 5.68. The van der Waals surface area contributed by atoms with E-state index < -0.39 is 0 Å². The number of ether oxygens (including phenoxy) is 1. The third kappa shape index (κ3) is 4.11. The number of hydrogen-bond donors (Lipinski definition) is 1. The van der Waals surface area contributed by atoms with Crippen molar-refractivity contribution in [2.45, 2.75) is 18.4 Å². The Morgan fingerprint density at radius 2 is 2.08 bits per heavy atom. The summed E-state index contributed by atoms with van der Waals surface area (Å²) in [6.07, 6.45) is 0. The number of aromatic amines is 1. The average molecular weight is 410 g/mol. The number of nitrogens with zero attached hydrogens (tertiary/aromatic N) is 2. The number of nitrogens with one attached hydrogen (secondary N) is 1. The van der Waals surface area contributed by atoms with Crippen molar-refractivity contribution in [3.63, 3.8) is 0 Å². The van der Waals surface area contributed by atoms with Crippen LogP contribution in [0.15, 0.2) is 36.4 Å². The van der Waals surface area contributed by atoms with E-state index in [1.165, 1.54) is 12.1 Å². The van der Waals surface area contributed by atoms with Gasteiger partial charge in [0.2, 0.25) is 0 Å². The second kappa shape index (κ2) is 8.24. The van der Waals surface area contributed by atoms with Crippen molar-refractivity contribution in [3.8, 4) is 11.4 Å². The van der Waals surface area contributed by atoms with Gasteiger partial charge in [0.25, 0.3) is 0 Å². The van der Waals surface area contributed by atoms with Crippen molar-refractivity contribution in [3.05, 3.63) is 69.0 Å². The molecule has 1 heterocycles. The molecule has 3 rings (SSSR count). The van der Waals surface area contributed by atoms with Crippen LogP contribution in [0.1, 0.15) is 17.0 Å². The van der Waals surface area contributed by atoms with Crippen molar-refractivity contribution in [1.29, 1.82) is 0 Å². The molecule has 1 aromatic heterocycles. The molecule has 0 aliphatic heterocycles. The van der Waals surface area contributed by atoms with E-state index >= 15 is 0 Å². The molecule has 0 saturated heterocycles. The van der Waals surface area contributed by atoms with Crippen molar-refractivity contribution >= 4 is 35.6 Å². The molecule has 0 radical (unpaired) electrons. The monoisotopic (exact) mass is 409 g/mol. The fourth-order valence-corrected chi connectivity index (χ4v) is 4.05. The molecule has 26 heavy (non-hydrogen) atoms. The molecule has 0 aliphatic carbocycles. The van der Waals surface area contributed by atoms with Gasteiger partial charge in [-0.15, -0.1) is 11.8 Å². The van der Waals surface area contributed by atoms with Gasteiger partial charge in [0.05, 0.1) is 18.6 Å². The van der Waals surface area contributed by atoms with E-state index in [2.05, 4.69) is 10.2 Å². The molecule has 8 heteroatoms. The molecule has 136 valence electrons. The van der Waals surface area contributed by atoms with Crippen LogP contribution in [0.5, 0.6) is 5.75 Å². The Bertz CT molecular complexity index is 987. The van der Waals surface area contributed by atoms with Crippen LogP contribution < -0.4 is 4.74 Å². The zero-order valence-corrected chi connectivity index (χ0v) is 16.6. The highest BCUT2D eigenvalue weighted by Gasteiger charge is 2.13. The fourth-order valence-electron chi connectivity index (χ4n) is 2.54. The summed E-state index contributed by atoms with van der Waals surface area (Å²) in [5.74, 6) is 2.42. The molecular weight excluding hydrogens is 393 g/mol. The standard InChI is InChI=1S/C18H17ClFN3OS2/c1-11-3-6-16(24-2)15(7-11)23-17(21-22-18(23)25)10-26-9-12-4-5-13(20)8-14(12)19/h3-8H,9-10H2,1-2H3,(H,22,25). The largest absolute Gasteiger partial charge is 0.495 e. The first-order valence-electron chi connectivity index (χ1n) is 7.82. The topological polar surface area (TPSA) is 42.8 Å². The summed E-state index contributed by atoms with van der Waals surface area (Å²) >= 11 is 13.1. The van der Waals surface area contributed by atoms with Gasteiger partial charge in [-0.2, -0.15) is 5.10 Å². The van der Waals surface area contributed by atoms with Crippen LogP contribution in [0.4, 0.5) is 4.39 Å². The van der Waals surface area contributed by atoms with E-state index in [9.17, 15) is 4.39 Å². The Labute approximate surface area is 165 Å². The third-order valence-corrected chi connectivity index (χ3v) is 5.42. The zero-order chi connectivity index (χ0) is 18.7. The molecule has 1 N–H and O–H groups in total. The smallest absolute Gasteiger partial charge is 0.200 e. The summed E-state index contributed by atoms with van der Waals surface area (Å²) < 4.78 is 21.0. The number of benzene rings is 2. The Morgan fingerprint density at radius 1 is 1.27 bits per heavy atom. The molecule has 0 atom stereocenters. The molecule has 3 aromatic rings. The number of rotatable bonds is 6. The molecular formula is C18H17ClFN3OS2. The van der Waals surface area contributed by atoms with Gasteiger partial charge in [0, 0.05) is 10.8 Å². The normalized spacial score (nSPS) is 10.9. The number of aromatic nitrogens is 3. The van der Waals surface area contributed by atoms with Crippen LogP contribution in [0.25, 0.3) is 5.69 Å². The van der Waals surface area contributed by atoms with Gasteiger partial charge in [-0.25, -0.2) is 4.39 Å². The van der Waals surface area contributed by atoms with E-state index in [4.69, 9.17) is 28.6 Å². The molecule has 0 aliphatic rings. The Hall–Kier alpha value is -1.83. The average Bonchev–Trinajstić information content (AvgIpc) is 2.97. The first kappa shape index (κ1) is 18.9. The fraction of sp³-hybridized carbons (Fsp3) is 0.222. The second-order valence-corrected chi connectivity index (χ2v) is 7.46. The summed E-state index contributed by atoms with van der Waals surface area (Å²) in [7, 11) is 1.63. The lowest BCUT2D eigenvalue weighted by Gasteiger charge is -2.12. The molecule has 0 unspecified atom stereocenters. The molecule has 0 fully saturated rings. The molecule has 0 bridgehead atoms. The van der Waals surface area contributed by atoms with Crippen LogP contribution in [-0.4, -0.2) is 21.9 Å². The predicted molar refractivity (Wildman–Crippen MR) is 106 cm³/mol. The van der Waals surface area contributed by atoms with E-state index in [1.807, 2.05) is 29.7 Å². The van der Waals surface area contributed by atoms with Crippen molar-refractivity contribution < 1.29 is 9.13 Å². The van der Waals surface area contributed by atoms with Crippen LogP contribution in [-0.2, 0) is 11.5 Å². The zero-order valence-electron chi connectivity index (χ0n) is 14.3. The van der Waals surface area contributed by atoms with Crippen LogP contribution in [0.3, 0.4) is 0 Å². The minimum Gasteiger partial charge on any atom is -0.495 e. The van der Waals surface area contributed by atoms with E-state index in [0.717, 1.165) is 28.4 Å². The summed E-state index contributed by atoms with van der Waals surface area (Å²) in [6, 6.07) is 10.3. The SMILES string of the molecule is COc1ccc(C)cc1-n1c(CSCc2ccc(F)cc2Cl)n[nH]c1=S. The summed E-state index contributed by atoms with van der Waals surface area (Å²) in [5, 5.41) is 7.61. The highest BCUT2D eigenvalue weighted by atomic mass is 35.5. The summed E-state index contributed by atoms with van der Waals surface area (Å²) in [6.45, 7) is 2.01. The van der Waals surface area contributed by atoms with E-state index in [0.29, 0.717) is 21.3 Å². The highest BCUT2D eigenvalue weighted by molar-refractivity contribution is 7.97. The lowest BCUT2D eigenvalue weighted by Crippen LogP contribution is -2.03. The van der Waals surface area contributed by atoms with Gasteiger partial charge in [-0.05, 0) is 54.5 Å². The molecule has 2 aromatic carbocycles. The summed E-state index contributed by atoms with van der Waals surface area (Å²) in [4.78, 5) is 0. The van der Waals surface area contributed by atoms with Gasteiger partial charge in [0.15, 0.2) is 4.77 Å². The molecule has 0 amide bonds. The van der Waals surface area contributed by atoms with Crippen molar-refractivity contribution in [2.75, 3.05) is 7.11 Å². The van der Waals surface area contributed by atoms with Crippen LogP contribution >= 0.6 is 35.6 Å². The Morgan fingerprint density at radius 3 is 2.81 bits per heavy atom. The van der Waals surface area contributed by atoms with Crippen molar-refractivity contribution in [1.82, 2.24) is 14.8 Å². The minimum absolute atomic E-state index is 0.337. The maximum absolute atomic E-state index is 13.1. The van der Waals surface area contributed by atoms with Gasteiger partial charge in [-0.1, -0.05) is 23.7 Å². The summed E-state index contributed by atoms with van der Waals surface area (Å²) in [5.41, 5.74) is 2.83. The first-order chi connectivity index (χ1) is 12.5. The van der Waals surface area contributed by atoms with E-state index in [-0.39, 0.29) is 5.82 Å². The maximum atomic E-state index is 13.1. The van der Waals surface area contributed by atoms with Crippen molar-refractivity contribution in [2.24, 2.45) is 0 Å².